The number of carbonyl (C=O) groups is 1. The number of rotatable bonds is 5. The van der Waals surface area contributed by atoms with Crippen molar-refractivity contribution in [2.24, 2.45) is 0 Å². The van der Waals surface area contributed by atoms with Crippen LogP contribution in [0, 0.1) is 3.57 Å². The van der Waals surface area contributed by atoms with Crippen LogP contribution in [0.1, 0.15) is 28.4 Å². The molecule has 1 aromatic heterocycles. The Bertz CT molecular complexity index is 1120. The summed E-state index contributed by atoms with van der Waals surface area (Å²) >= 11 is 3.80. The minimum atomic E-state index is -0.0223. The summed E-state index contributed by atoms with van der Waals surface area (Å²) < 4.78 is 2.06. The molecule has 1 heterocycles. The number of benzene rings is 3. The highest BCUT2D eigenvalue weighted by Gasteiger charge is 2.23. The summed E-state index contributed by atoms with van der Waals surface area (Å²) in [4.78, 5) is 20.2. The second kappa shape index (κ2) is 8.41. The van der Waals surface area contributed by atoms with Gasteiger partial charge in [-0.15, -0.1) is 0 Å². The monoisotopic (exact) mass is 498 g/mol. The number of nitrogens with zero attached hydrogens (tertiary/aromatic N) is 2. The summed E-state index contributed by atoms with van der Waals surface area (Å²) in [5, 5.41) is 0.740. The molecular weight excluding hydrogens is 479 g/mol. The molecule has 0 saturated heterocycles. The average Bonchev–Trinajstić information content (AvgIpc) is 3.16. The summed E-state index contributed by atoms with van der Waals surface area (Å²) in [5.41, 5.74) is 3.99. The summed E-state index contributed by atoms with van der Waals surface area (Å²) in [5.74, 6) is -0.0223. The minimum Gasteiger partial charge on any atom is -0.279 e. The Morgan fingerprint density at radius 2 is 1.75 bits per heavy atom. The van der Waals surface area contributed by atoms with Crippen LogP contribution in [0.5, 0.6) is 0 Å². The standard InChI is InChI=1S/C23H19IN2OS/c1-2-17-11-8-14-20-21(17)25-23(28-20)26(15-16-9-4-3-5-10-16)22(27)18-12-6-7-13-19(18)24/h3-14H,2,15H2,1H3. The molecule has 0 aliphatic heterocycles. The number of carbonyl (C=O) groups excluding carboxylic acids is 1. The molecule has 1 amide bonds. The van der Waals surface area contributed by atoms with Gasteiger partial charge in [0.15, 0.2) is 5.13 Å². The maximum absolute atomic E-state index is 13.5. The van der Waals surface area contributed by atoms with Gasteiger partial charge in [0, 0.05) is 3.57 Å². The molecule has 3 nitrogen and oxygen atoms in total. The summed E-state index contributed by atoms with van der Waals surface area (Å²) in [6.45, 7) is 2.62. The van der Waals surface area contributed by atoms with E-state index >= 15 is 0 Å². The number of fused-ring (bicyclic) bond motifs is 1. The fourth-order valence-electron chi connectivity index (χ4n) is 3.17. The summed E-state index contributed by atoms with van der Waals surface area (Å²) in [6, 6.07) is 24.0. The van der Waals surface area contributed by atoms with Gasteiger partial charge in [0.05, 0.1) is 22.3 Å². The van der Waals surface area contributed by atoms with Gasteiger partial charge in [-0.25, -0.2) is 4.98 Å². The molecule has 28 heavy (non-hydrogen) atoms. The lowest BCUT2D eigenvalue weighted by Crippen LogP contribution is -2.31. The Balaban J connectivity index is 1.81. The lowest BCUT2D eigenvalue weighted by Gasteiger charge is -2.20. The van der Waals surface area contributed by atoms with Gasteiger partial charge in [-0.3, -0.25) is 9.69 Å². The first-order valence-corrected chi connectivity index (χ1v) is 11.1. The highest BCUT2D eigenvalue weighted by molar-refractivity contribution is 14.1. The maximum Gasteiger partial charge on any atom is 0.261 e. The van der Waals surface area contributed by atoms with E-state index < -0.39 is 0 Å². The number of amides is 1. The van der Waals surface area contributed by atoms with Crippen LogP contribution in [0.2, 0.25) is 0 Å². The molecule has 4 aromatic rings. The van der Waals surface area contributed by atoms with Crippen LogP contribution in [0.25, 0.3) is 10.2 Å². The van der Waals surface area contributed by atoms with Crippen LogP contribution in [-0.2, 0) is 13.0 Å². The number of hydrogen-bond acceptors (Lipinski definition) is 3. The smallest absolute Gasteiger partial charge is 0.261 e. The molecular formula is C23H19IN2OS. The van der Waals surface area contributed by atoms with Crippen molar-refractivity contribution in [1.29, 1.82) is 0 Å². The first-order chi connectivity index (χ1) is 13.7. The third-order valence-corrected chi connectivity index (χ3v) is 6.62. The number of aromatic nitrogens is 1. The lowest BCUT2D eigenvalue weighted by molar-refractivity contribution is 0.0984. The van der Waals surface area contributed by atoms with Crippen molar-refractivity contribution < 1.29 is 4.79 Å². The molecule has 0 unspecified atom stereocenters. The highest BCUT2D eigenvalue weighted by Crippen LogP contribution is 2.33. The molecule has 5 heteroatoms. The van der Waals surface area contributed by atoms with E-state index in [-0.39, 0.29) is 5.91 Å². The van der Waals surface area contributed by atoms with E-state index in [4.69, 9.17) is 4.98 Å². The molecule has 0 fully saturated rings. The predicted octanol–water partition coefficient (Wildman–Crippen LogP) is 6.31. The van der Waals surface area contributed by atoms with Gasteiger partial charge in [0.2, 0.25) is 0 Å². The molecule has 0 atom stereocenters. The molecule has 3 aromatic carbocycles. The zero-order valence-corrected chi connectivity index (χ0v) is 18.4. The third kappa shape index (κ3) is 3.82. The van der Waals surface area contributed by atoms with Crippen LogP contribution in [-0.4, -0.2) is 10.9 Å². The molecule has 0 aliphatic rings. The van der Waals surface area contributed by atoms with Crippen molar-refractivity contribution in [2.75, 3.05) is 4.90 Å². The maximum atomic E-state index is 13.5. The van der Waals surface area contributed by atoms with Crippen molar-refractivity contribution in [3.63, 3.8) is 0 Å². The second-order valence-corrected chi connectivity index (χ2v) is 8.64. The first-order valence-electron chi connectivity index (χ1n) is 9.16. The van der Waals surface area contributed by atoms with Gasteiger partial charge in [-0.1, -0.05) is 72.9 Å². The molecule has 0 bridgehead atoms. The number of thiazole rings is 1. The number of para-hydroxylation sites is 1. The van der Waals surface area contributed by atoms with E-state index in [2.05, 4.69) is 47.7 Å². The van der Waals surface area contributed by atoms with Crippen molar-refractivity contribution in [1.82, 2.24) is 4.98 Å². The fraction of sp³-hybridized carbons (Fsp3) is 0.130. The van der Waals surface area contributed by atoms with E-state index in [1.165, 1.54) is 5.56 Å². The van der Waals surface area contributed by atoms with Gasteiger partial charge < -0.3 is 0 Å². The summed E-state index contributed by atoms with van der Waals surface area (Å²) in [7, 11) is 0. The van der Waals surface area contributed by atoms with E-state index in [1.807, 2.05) is 54.6 Å². The minimum absolute atomic E-state index is 0.0223. The largest absolute Gasteiger partial charge is 0.279 e. The van der Waals surface area contributed by atoms with Gasteiger partial charge in [-0.05, 0) is 58.3 Å². The molecule has 0 saturated carbocycles. The van der Waals surface area contributed by atoms with Gasteiger partial charge in [0.1, 0.15) is 0 Å². The van der Waals surface area contributed by atoms with Crippen molar-refractivity contribution in [3.05, 3.63) is 93.1 Å². The molecule has 0 spiro atoms. The second-order valence-electron chi connectivity index (χ2n) is 6.47. The molecule has 0 radical (unpaired) electrons. The van der Waals surface area contributed by atoms with Gasteiger partial charge in [0.25, 0.3) is 5.91 Å². The van der Waals surface area contributed by atoms with Gasteiger partial charge >= 0.3 is 0 Å². The Morgan fingerprint density at radius 3 is 2.50 bits per heavy atom. The predicted molar refractivity (Wildman–Crippen MR) is 125 cm³/mol. The Labute approximate surface area is 182 Å². The van der Waals surface area contributed by atoms with E-state index in [9.17, 15) is 4.79 Å². The van der Waals surface area contributed by atoms with E-state index in [0.29, 0.717) is 12.1 Å². The Hall–Kier alpha value is -2.25. The summed E-state index contributed by atoms with van der Waals surface area (Å²) in [6.07, 6.45) is 0.920. The topological polar surface area (TPSA) is 33.2 Å². The molecule has 4 rings (SSSR count). The highest BCUT2D eigenvalue weighted by atomic mass is 127. The fourth-order valence-corrected chi connectivity index (χ4v) is 4.80. The van der Waals surface area contributed by atoms with E-state index in [0.717, 1.165) is 30.9 Å². The van der Waals surface area contributed by atoms with Crippen LogP contribution >= 0.6 is 33.9 Å². The number of anilines is 1. The van der Waals surface area contributed by atoms with Crippen molar-refractivity contribution in [3.8, 4) is 0 Å². The Kier molecular flexibility index (Phi) is 5.73. The van der Waals surface area contributed by atoms with E-state index in [1.54, 1.807) is 16.2 Å². The van der Waals surface area contributed by atoms with Crippen LogP contribution < -0.4 is 4.90 Å². The number of halogens is 1. The van der Waals surface area contributed by atoms with Crippen LogP contribution in [0.15, 0.2) is 72.8 Å². The number of aryl methyl sites for hydroxylation is 1. The first kappa shape index (κ1) is 19.1. The average molecular weight is 498 g/mol. The Morgan fingerprint density at radius 1 is 1.00 bits per heavy atom. The van der Waals surface area contributed by atoms with Crippen molar-refractivity contribution in [2.45, 2.75) is 19.9 Å². The molecule has 0 aliphatic carbocycles. The van der Waals surface area contributed by atoms with Crippen LogP contribution in [0.3, 0.4) is 0 Å². The molecule has 0 N–H and O–H groups in total. The number of hydrogen-bond donors (Lipinski definition) is 0. The SMILES string of the molecule is CCc1cccc2sc(N(Cc3ccccc3)C(=O)c3ccccc3I)nc12. The lowest BCUT2D eigenvalue weighted by atomic mass is 10.1. The molecule has 140 valence electrons. The van der Waals surface area contributed by atoms with Crippen molar-refractivity contribution >= 4 is 55.2 Å². The zero-order chi connectivity index (χ0) is 19.5. The van der Waals surface area contributed by atoms with Gasteiger partial charge in [-0.2, -0.15) is 0 Å². The third-order valence-electron chi connectivity index (χ3n) is 4.64. The zero-order valence-electron chi connectivity index (χ0n) is 15.4. The van der Waals surface area contributed by atoms with Crippen LogP contribution in [0.4, 0.5) is 5.13 Å². The quantitative estimate of drug-likeness (QED) is 0.302. The normalized spacial score (nSPS) is 10.9.